The number of anilines is 2. The fourth-order valence-electron chi connectivity index (χ4n) is 2.63. The third-order valence-electron chi connectivity index (χ3n) is 3.85. The van der Waals surface area contributed by atoms with E-state index in [1.807, 2.05) is 0 Å². The summed E-state index contributed by atoms with van der Waals surface area (Å²) in [5.74, 6) is -1.20. The lowest BCUT2D eigenvalue weighted by atomic mass is 9.98. The molecule has 1 aliphatic rings. The van der Waals surface area contributed by atoms with E-state index < -0.39 is 30.7 Å². The van der Waals surface area contributed by atoms with Crippen molar-refractivity contribution >= 4 is 23.3 Å². The Bertz CT molecular complexity index is 836. The van der Waals surface area contributed by atoms with E-state index in [4.69, 9.17) is 4.74 Å². The van der Waals surface area contributed by atoms with Gasteiger partial charge in [-0.2, -0.15) is 13.2 Å². The molecule has 136 valence electrons. The zero-order chi connectivity index (χ0) is 18.7. The molecule has 1 atom stereocenters. The summed E-state index contributed by atoms with van der Waals surface area (Å²) < 4.78 is 42.4. The molecule has 1 amide bonds. The van der Waals surface area contributed by atoms with Crippen LogP contribution in [0.5, 0.6) is 0 Å². The van der Waals surface area contributed by atoms with Crippen LogP contribution in [0.4, 0.5) is 24.5 Å². The summed E-state index contributed by atoms with van der Waals surface area (Å²) >= 11 is 0. The molecule has 0 fully saturated rings. The van der Waals surface area contributed by atoms with E-state index in [1.54, 1.807) is 36.4 Å². The van der Waals surface area contributed by atoms with Crippen LogP contribution in [-0.4, -0.2) is 30.7 Å². The van der Waals surface area contributed by atoms with Crippen molar-refractivity contribution in [2.75, 3.05) is 17.2 Å². The van der Waals surface area contributed by atoms with Crippen molar-refractivity contribution < 1.29 is 27.5 Å². The Kier molecular flexibility index (Phi) is 4.83. The number of rotatable bonds is 4. The Labute approximate surface area is 147 Å². The van der Waals surface area contributed by atoms with E-state index in [0.29, 0.717) is 11.1 Å². The predicted molar refractivity (Wildman–Crippen MR) is 89.0 cm³/mol. The maximum Gasteiger partial charge on any atom is 0.405 e. The normalized spacial score (nSPS) is 16.4. The molecule has 0 aliphatic carbocycles. The molecule has 0 spiro atoms. The summed E-state index contributed by atoms with van der Waals surface area (Å²) in [6.45, 7) is -1.23. The number of fused-ring (bicyclic) bond motifs is 1. The second-order valence-electron chi connectivity index (χ2n) is 5.76. The summed E-state index contributed by atoms with van der Waals surface area (Å²) in [5, 5.41) is 4.76. The van der Waals surface area contributed by atoms with Crippen LogP contribution in [0, 0.1) is 0 Å². The van der Waals surface area contributed by atoms with Gasteiger partial charge in [0.05, 0.1) is 16.9 Å². The van der Waals surface area contributed by atoms with Gasteiger partial charge in [-0.1, -0.05) is 30.3 Å². The highest BCUT2D eigenvalue weighted by Crippen LogP contribution is 2.26. The SMILES string of the molecule is O=C1OC(C(=O)Nc2ccccc2NCC(F)(F)F)Cc2ccccc21. The van der Waals surface area contributed by atoms with Crippen molar-refractivity contribution in [1.29, 1.82) is 0 Å². The number of benzene rings is 2. The lowest BCUT2D eigenvalue weighted by Gasteiger charge is -2.24. The molecule has 2 aromatic rings. The van der Waals surface area contributed by atoms with E-state index in [-0.39, 0.29) is 17.8 Å². The Morgan fingerprint density at radius 2 is 1.73 bits per heavy atom. The number of carbonyl (C=O) groups is 2. The van der Waals surface area contributed by atoms with Gasteiger partial charge in [0.25, 0.3) is 5.91 Å². The zero-order valence-electron chi connectivity index (χ0n) is 13.5. The molecule has 1 unspecified atom stereocenters. The van der Waals surface area contributed by atoms with Gasteiger partial charge in [-0.05, 0) is 23.8 Å². The van der Waals surface area contributed by atoms with Gasteiger partial charge < -0.3 is 15.4 Å². The molecular formula is C18H15F3N2O3. The van der Waals surface area contributed by atoms with Gasteiger partial charge in [0.1, 0.15) is 6.54 Å². The van der Waals surface area contributed by atoms with Gasteiger partial charge in [0.2, 0.25) is 0 Å². The Hall–Kier alpha value is -3.03. The van der Waals surface area contributed by atoms with Crippen molar-refractivity contribution in [2.24, 2.45) is 0 Å². The molecule has 3 rings (SSSR count). The average molecular weight is 364 g/mol. The number of amides is 1. The highest BCUT2D eigenvalue weighted by molar-refractivity contribution is 6.01. The first kappa shape index (κ1) is 17.8. The van der Waals surface area contributed by atoms with Crippen LogP contribution >= 0.6 is 0 Å². The van der Waals surface area contributed by atoms with Crippen molar-refractivity contribution in [3.8, 4) is 0 Å². The van der Waals surface area contributed by atoms with Crippen LogP contribution in [0.1, 0.15) is 15.9 Å². The van der Waals surface area contributed by atoms with Crippen LogP contribution in [0.25, 0.3) is 0 Å². The molecule has 0 aromatic heterocycles. The largest absolute Gasteiger partial charge is 0.448 e. The van der Waals surface area contributed by atoms with Crippen molar-refractivity contribution in [2.45, 2.75) is 18.7 Å². The third kappa shape index (κ3) is 4.14. The number of carbonyl (C=O) groups excluding carboxylic acids is 2. The standard InChI is InChI=1S/C18H15F3N2O3/c19-18(20,21)10-22-13-7-3-4-8-14(13)23-16(24)15-9-11-5-1-2-6-12(11)17(25)26-15/h1-8,15,22H,9-10H2,(H,23,24). The summed E-state index contributed by atoms with van der Waals surface area (Å²) in [5.41, 5.74) is 1.40. The fourth-order valence-corrected chi connectivity index (χ4v) is 2.63. The number of hydrogen-bond donors (Lipinski definition) is 2. The zero-order valence-corrected chi connectivity index (χ0v) is 13.5. The lowest BCUT2D eigenvalue weighted by Crippen LogP contribution is -2.38. The first-order valence-corrected chi connectivity index (χ1v) is 7.83. The van der Waals surface area contributed by atoms with E-state index in [9.17, 15) is 22.8 Å². The Morgan fingerprint density at radius 1 is 1.08 bits per heavy atom. The minimum Gasteiger partial charge on any atom is -0.448 e. The molecule has 26 heavy (non-hydrogen) atoms. The Morgan fingerprint density at radius 3 is 2.46 bits per heavy atom. The van der Waals surface area contributed by atoms with E-state index in [0.717, 1.165) is 0 Å². The minimum atomic E-state index is -4.39. The molecular weight excluding hydrogens is 349 g/mol. The van der Waals surface area contributed by atoms with Crippen molar-refractivity contribution in [3.63, 3.8) is 0 Å². The van der Waals surface area contributed by atoms with Crippen LogP contribution in [0.15, 0.2) is 48.5 Å². The van der Waals surface area contributed by atoms with Gasteiger partial charge >= 0.3 is 12.1 Å². The smallest absolute Gasteiger partial charge is 0.405 e. The van der Waals surface area contributed by atoms with Gasteiger partial charge in [0, 0.05) is 6.42 Å². The second-order valence-corrected chi connectivity index (χ2v) is 5.76. The monoisotopic (exact) mass is 364 g/mol. The van der Waals surface area contributed by atoms with Crippen LogP contribution in [0.3, 0.4) is 0 Å². The first-order chi connectivity index (χ1) is 12.3. The molecule has 0 radical (unpaired) electrons. The summed E-state index contributed by atoms with van der Waals surface area (Å²) in [6, 6.07) is 12.8. The topological polar surface area (TPSA) is 67.4 Å². The van der Waals surface area contributed by atoms with Crippen molar-refractivity contribution in [1.82, 2.24) is 0 Å². The third-order valence-corrected chi connectivity index (χ3v) is 3.85. The number of para-hydroxylation sites is 2. The second kappa shape index (κ2) is 7.07. The highest BCUT2D eigenvalue weighted by atomic mass is 19.4. The van der Waals surface area contributed by atoms with E-state index in [2.05, 4.69) is 10.6 Å². The van der Waals surface area contributed by atoms with Crippen LogP contribution < -0.4 is 10.6 Å². The van der Waals surface area contributed by atoms with Crippen LogP contribution in [0.2, 0.25) is 0 Å². The van der Waals surface area contributed by atoms with E-state index in [1.165, 1.54) is 12.1 Å². The van der Waals surface area contributed by atoms with Crippen molar-refractivity contribution in [3.05, 3.63) is 59.7 Å². The minimum absolute atomic E-state index is 0.126. The molecule has 0 saturated carbocycles. The lowest BCUT2D eigenvalue weighted by molar-refractivity contribution is -0.125. The van der Waals surface area contributed by atoms with Gasteiger partial charge in [0.15, 0.2) is 6.10 Å². The fraction of sp³-hybridized carbons (Fsp3) is 0.222. The first-order valence-electron chi connectivity index (χ1n) is 7.83. The number of alkyl halides is 3. The van der Waals surface area contributed by atoms with Gasteiger partial charge in [-0.15, -0.1) is 0 Å². The number of hydrogen-bond acceptors (Lipinski definition) is 4. The predicted octanol–water partition coefficient (Wildman–Crippen LogP) is 3.38. The summed E-state index contributed by atoms with van der Waals surface area (Å²) in [4.78, 5) is 24.4. The number of esters is 1. The van der Waals surface area contributed by atoms with Crippen LogP contribution in [-0.2, 0) is 16.0 Å². The highest BCUT2D eigenvalue weighted by Gasteiger charge is 2.31. The number of ether oxygens (including phenoxy) is 1. The molecule has 0 saturated heterocycles. The maximum absolute atomic E-state index is 12.4. The summed E-state index contributed by atoms with van der Waals surface area (Å²) in [6.07, 6.45) is -5.24. The van der Waals surface area contributed by atoms with Gasteiger partial charge in [-0.3, -0.25) is 4.79 Å². The number of nitrogens with one attached hydrogen (secondary N) is 2. The average Bonchev–Trinajstić information content (AvgIpc) is 2.60. The molecule has 5 nitrogen and oxygen atoms in total. The molecule has 0 bridgehead atoms. The number of halogens is 3. The van der Waals surface area contributed by atoms with E-state index >= 15 is 0 Å². The Balaban J connectivity index is 1.72. The molecule has 1 aliphatic heterocycles. The number of cyclic esters (lactones) is 1. The van der Waals surface area contributed by atoms with Gasteiger partial charge in [-0.25, -0.2) is 4.79 Å². The quantitative estimate of drug-likeness (QED) is 0.817. The molecule has 1 heterocycles. The molecule has 2 N–H and O–H groups in total. The summed E-state index contributed by atoms with van der Waals surface area (Å²) in [7, 11) is 0. The molecule has 2 aromatic carbocycles. The maximum atomic E-state index is 12.4. The molecule has 8 heteroatoms.